The summed E-state index contributed by atoms with van der Waals surface area (Å²) in [7, 11) is 5.76. The molecule has 0 bridgehead atoms. The Balaban J connectivity index is 1.67. The fraction of sp³-hybridized carbons (Fsp3) is 0.294. The van der Waals surface area contributed by atoms with Crippen LogP contribution >= 0.6 is 0 Å². The van der Waals surface area contributed by atoms with E-state index in [1.807, 2.05) is 73.5 Å². The average molecular weight is 338 g/mol. The van der Waals surface area contributed by atoms with Crippen LogP contribution in [0.5, 0.6) is 0 Å². The third-order valence-electron chi connectivity index (χ3n) is 3.61. The fourth-order valence-electron chi connectivity index (χ4n) is 2.47. The zero-order chi connectivity index (χ0) is 17.8. The molecule has 3 rings (SSSR count). The van der Waals surface area contributed by atoms with Gasteiger partial charge < -0.3 is 10.6 Å². The van der Waals surface area contributed by atoms with Gasteiger partial charge in [-0.15, -0.1) is 0 Å². The topological polar surface area (TPSA) is 89.0 Å². The van der Waals surface area contributed by atoms with Crippen molar-refractivity contribution in [2.24, 2.45) is 0 Å². The van der Waals surface area contributed by atoms with Gasteiger partial charge in [0.25, 0.3) is 0 Å². The summed E-state index contributed by atoms with van der Waals surface area (Å²) in [4.78, 5) is 16.7. The quantitative estimate of drug-likeness (QED) is 0.725. The van der Waals surface area contributed by atoms with Crippen molar-refractivity contribution in [2.75, 3.05) is 31.8 Å². The zero-order valence-electron chi connectivity index (χ0n) is 14.7. The number of hydrogen-bond donors (Lipinski definition) is 1. The zero-order valence-corrected chi connectivity index (χ0v) is 14.7. The largest absolute Gasteiger partial charge is 0.368 e. The van der Waals surface area contributed by atoms with E-state index in [9.17, 15) is 0 Å². The van der Waals surface area contributed by atoms with Gasteiger partial charge in [-0.1, -0.05) is 18.2 Å². The lowest BCUT2D eigenvalue weighted by atomic mass is 10.3. The Morgan fingerprint density at radius 3 is 2.48 bits per heavy atom. The van der Waals surface area contributed by atoms with Crippen LogP contribution in [-0.2, 0) is 13.1 Å². The van der Waals surface area contributed by atoms with Crippen LogP contribution in [0.25, 0.3) is 5.69 Å². The summed E-state index contributed by atoms with van der Waals surface area (Å²) in [5.41, 5.74) is 7.92. The second-order valence-electron chi connectivity index (χ2n) is 6.11. The molecule has 8 nitrogen and oxygen atoms in total. The standard InChI is InChI=1S/C17H22N8/c1-23(2)17-21-15(20-16(18)22-17)12-24(3)10-13-9-19-25(11-13)14-7-5-4-6-8-14/h4-9,11H,10,12H2,1-3H3,(H2,18,20,21,22). The second-order valence-corrected chi connectivity index (χ2v) is 6.11. The summed E-state index contributed by atoms with van der Waals surface area (Å²) in [6.45, 7) is 1.31. The normalized spacial score (nSPS) is 11.0. The molecule has 0 aliphatic rings. The first kappa shape index (κ1) is 16.8. The van der Waals surface area contributed by atoms with Crippen molar-refractivity contribution < 1.29 is 0 Å². The van der Waals surface area contributed by atoms with Crippen LogP contribution in [0.2, 0.25) is 0 Å². The maximum absolute atomic E-state index is 5.77. The number of hydrogen-bond acceptors (Lipinski definition) is 7. The Bertz CT molecular complexity index is 828. The van der Waals surface area contributed by atoms with E-state index in [-0.39, 0.29) is 5.95 Å². The highest BCUT2D eigenvalue weighted by Crippen LogP contribution is 2.11. The smallest absolute Gasteiger partial charge is 0.229 e. The molecule has 1 aromatic carbocycles. The van der Waals surface area contributed by atoms with Crippen molar-refractivity contribution in [3.05, 3.63) is 54.1 Å². The van der Waals surface area contributed by atoms with Gasteiger partial charge in [0.1, 0.15) is 5.82 Å². The fourth-order valence-corrected chi connectivity index (χ4v) is 2.47. The van der Waals surface area contributed by atoms with E-state index in [2.05, 4.69) is 25.0 Å². The van der Waals surface area contributed by atoms with Gasteiger partial charge in [0, 0.05) is 32.4 Å². The lowest BCUT2D eigenvalue weighted by molar-refractivity contribution is 0.310. The summed E-state index contributed by atoms with van der Waals surface area (Å²) < 4.78 is 1.87. The molecule has 0 radical (unpaired) electrons. The molecule has 0 unspecified atom stereocenters. The van der Waals surface area contributed by atoms with Gasteiger partial charge in [0.2, 0.25) is 11.9 Å². The van der Waals surface area contributed by atoms with Crippen LogP contribution in [0.1, 0.15) is 11.4 Å². The number of benzene rings is 1. The first-order valence-electron chi connectivity index (χ1n) is 7.96. The van der Waals surface area contributed by atoms with E-state index in [0.717, 1.165) is 17.8 Å². The maximum Gasteiger partial charge on any atom is 0.229 e. The van der Waals surface area contributed by atoms with Crippen molar-refractivity contribution in [2.45, 2.75) is 13.1 Å². The number of rotatable bonds is 6. The van der Waals surface area contributed by atoms with Crippen molar-refractivity contribution in [3.63, 3.8) is 0 Å². The SMILES string of the molecule is CN(Cc1cnn(-c2ccccc2)c1)Cc1nc(N)nc(N(C)C)n1. The van der Waals surface area contributed by atoms with E-state index >= 15 is 0 Å². The molecule has 0 aliphatic heterocycles. The van der Waals surface area contributed by atoms with Gasteiger partial charge in [-0.3, -0.25) is 4.90 Å². The van der Waals surface area contributed by atoms with E-state index < -0.39 is 0 Å². The number of nitrogen functional groups attached to an aromatic ring is 1. The third kappa shape index (κ3) is 4.30. The molecular weight excluding hydrogens is 316 g/mol. The predicted molar refractivity (Wildman–Crippen MR) is 97.3 cm³/mol. The molecule has 2 aromatic heterocycles. The molecule has 0 saturated heterocycles. The lowest BCUT2D eigenvalue weighted by Gasteiger charge is -2.16. The van der Waals surface area contributed by atoms with Crippen LogP contribution in [0.15, 0.2) is 42.7 Å². The molecule has 0 fully saturated rings. The number of aromatic nitrogens is 5. The molecule has 130 valence electrons. The Labute approximate surface area is 146 Å². The molecule has 0 amide bonds. The number of anilines is 2. The Hall–Kier alpha value is -3.00. The minimum Gasteiger partial charge on any atom is -0.368 e. The Morgan fingerprint density at radius 1 is 1.00 bits per heavy atom. The number of nitrogens with zero attached hydrogens (tertiary/aromatic N) is 7. The van der Waals surface area contributed by atoms with Gasteiger partial charge in [-0.25, -0.2) is 4.68 Å². The Morgan fingerprint density at radius 2 is 1.76 bits per heavy atom. The van der Waals surface area contributed by atoms with E-state index in [4.69, 9.17) is 5.73 Å². The molecule has 8 heteroatoms. The molecule has 0 aliphatic carbocycles. The van der Waals surface area contributed by atoms with Gasteiger partial charge in [-0.2, -0.15) is 20.1 Å². The highest BCUT2D eigenvalue weighted by Gasteiger charge is 2.10. The van der Waals surface area contributed by atoms with E-state index in [1.54, 1.807) is 0 Å². The van der Waals surface area contributed by atoms with E-state index in [0.29, 0.717) is 18.3 Å². The van der Waals surface area contributed by atoms with Gasteiger partial charge in [0.05, 0.1) is 18.4 Å². The van der Waals surface area contributed by atoms with Crippen LogP contribution in [0, 0.1) is 0 Å². The molecule has 25 heavy (non-hydrogen) atoms. The minimum absolute atomic E-state index is 0.235. The van der Waals surface area contributed by atoms with Crippen molar-refractivity contribution in [3.8, 4) is 5.69 Å². The Kier molecular flexibility index (Phi) is 4.90. The summed E-state index contributed by atoms with van der Waals surface area (Å²) in [5.74, 6) is 1.45. The van der Waals surface area contributed by atoms with Gasteiger partial charge in [-0.05, 0) is 19.2 Å². The summed E-state index contributed by atoms with van der Waals surface area (Å²) in [6.07, 6.45) is 3.90. The second kappa shape index (κ2) is 7.27. The summed E-state index contributed by atoms with van der Waals surface area (Å²) in [6, 6.07) is 10.0. The van der Waals surface area contributed by atoms with E-state index in [1.165, 1.54) is 0 Å². The maximum atomic E-state index is 5.77. The molecule has 0 atom stereocenters. The van der Waals surface area contributed by atoms with Crippen molar-refractivity contribution in [1.82, 2.24) is 29.6 Å². The first-order valence-corrected chi connectivity index (χ1v) is 7.96. The highest BCUT2D eigenvalue weighted by atomic mass is 15.3. The minimum atomic E-state index is 0.235. The molecule has 0 saturated carbocycles. The molecule has 2 heterocycles. The van der Waals surface area contributed by atoms with Gasteiger partial charge >= 0.3 is 0 Å². The average Bonchev–Trinajstić information content (AvgIpc) is 3.03. The van der Waals surface area contributed by atoms with Crippen molar-refractivity contribution >= 4 is 11.9 Å². The molecule has 0 spiro atoms. The third-order valence-corrected chi connectivity index (χ3v) is 3.61. The van der Waals surface area contributed by atoms with Crippen LogP contribution < -0.4 is 10.6 Å². The molecule has 3 aromatic rings. The van der Waals surface area contributed by atoms with Crippen LogP contribution in [0.4, 0.5) is 11.9 Å². The van der Waals surface area contributed by atoms with Gasteiger partial charge in [0.15, 0.2) is 0 Å². The number of nitrogens with two attached hydrogens (primary N) is 1. The predicted octanol–water partition coefficient (Wildman–Crippen LogP) is 1.34. The van der Waals surface area contributed by atoms with Crippen molar-refractivity contribution in [1.29, 1.82) is 0 Å². The molecule has 2 N–H and O–H groups in total. The highest BCUT2D eigenvalue weighted by molar-refractivity contribution is 5.33. The number of para-hydroxylation sites is 1. The van der Waals surface area contributed by atoms with Crippen LogP contribution in [-0.4, -0.2) is 50.8 Å². The lowest BCUT2D eigenvalue weighted by Crippen LogP contribution is -2.21. The first-order chi connectivity index (χ1) is 12.0. The molecular formula is C17H22N8. The van der Waals surface area contributed by atoms with Crippen LogP contribution in [0.3, 0.4) is 0 Å². The summed E-state index contributed by atoms with van der Waals surface area (Å²) >= 11 is 0. The monoisotopic (exact) mass is 338 g/mol. The summed E-state index contributed by atoms with van der Waals surface area (Å²) in [5, 5.41) is 4.42.